The molecule has 0 aliphatic heterocycles. The zero-order valence-electron chi connectivity index (χ0n) is 17.3. The number of rotatable bonds is 5. The number of hydrogen-bond acceptors (Lipinski definition) is 7. The molecule has 0 unspecified atom stereocenters. The predicted molar refractivity (Wildman–Crippen MR) is 118 cm³/mol. The highest BCUT2D eigenvalue weighted by atomic mass is 16.3. The molecule has 32 heavy (non-hydrogen) atoms. The van der Waals surface area contributed by atoms with E-state index in [1.165, 1.54) is 25.0 Å². The molecule has 5 aromatic rings. The number of furan rings is 1. The molecule has 5 aromatic heterocycles. The van der Waals surface area contributed by atoms with Crippen LogP contribution in [0, 0.1) is 0 Å². The Balaban J connectivity index is 1.44. The molecule has 0 aliphatic rings. The second-order valence-corrected chi connectivity index (χ2v) is 7.58. The third kappa shape index (κ3) is 3.39. The van der Waals surface area contributed by atoms with Crippen molar-refractivity contribution < 1.29 is 14.0 Å². The lowest BCUT2D eigenvalue weighted by atomic mass is 10.1. The molecular weight excluding hydrogens is 408 g/mol. The van der Waals surface area contributed by atoms with Gasteiger partial charge >= 0.3 is 0 Å². The largest absolute Gasteiger partial charge is 0.464 e. The number of carbonyl (C=O) groups is 2. The summed E-state index contributed by atoms with van der Waals surface area (Å²) in [6.45, 7) is 4.03. The second-order valence-electron chi connectivity index (χ2n) is 7.58. The zero-order valence-corrected chi connectivity index (χ0v) is 17.3. The number of carbonyl (C=O) groups excluding carboxylic acids is 2. The third-order valence-corrected chi connectivity index (χ3v) is 5.12. The minimum Gasteiger partial charge on any atom is -0.464 e. The van der Waals surface area contributed by atoms with Crippen molar-refractivity contribution >= 4 is 39.4 Å². The number of nitrogens with zero attached hydrogens (tertiary/aromatic N) is 5. The number of nitrogens with one attached hydrogen (secondary N) is 1. The van der Waals surface area contributed by atoms with Gasteiger partial charge in [-0.2, -0.15) is 0 Å². The smallest absolute Gasteiger partial charge is 0.274 e. The molecule has 5 rings (SSSR count). The maximum absolute atomic E-state index is 13.3. The van der Waals surface area contributed by atoms with E-state index < -0.39 is 5.91 Å². The van der Waals surface area contributed by atoms with Gasteiger partial charge in [-0.25, -0.2) is 9.97 Å². The molecule has 9 heteroatoms. The number of hydrogen-bond donors (Lipinski definition) is 1. The molecule has 0 fully saturated rings. The summed E-state index contributed by atoms with van der Waals surface area (Å²) < 4.78 is 7.25. The molecule has 5 heterocycles. The van der Waals surface area contributed by atoms with Crippen LogP contribution in [0.1, 0.15) is 46.3 Å². The Labute approximate surface area is 182 Å². The lowest BCUT2D eigenvalue weighted by molar-refractivity contribution is 0.101. The van der Waals surface area contributed by atoms with Crippen LogP contribution in [0.4, 0.5) is 5.69 Å². The molecule has 0 spiro atoms. The summed E-state index contributed by atoms with van der Waals surface area (Å²) >= 11 is 0. The Morgan fingerprint density at radius 2 is 1.94 bits per heavy atom. The lowest BCUT2D eigenvalue weighted by Crippen LogP contribution is -2.14. The van der Waals surface area contributed by atoms with Crippen molar-refractivity contribution in [3.63, 3.8) is 0 Å². The Morgan fingerprint density at radius 1 is 1.06 bits per heavy atom. The fraction of sp³-hybridized carbons (Fsp3) is 0.130. The molecular formula is C23H18N6O3. The Kier molecular flexibility index (Phi) is 4.70. The number of pyridine rings is 2. The van der Waals surface area contributed by atoms with Crippen LogP contribution in [0.25, 0.3) is 22.0 Å². The van der Waals surface area contributed by atoms with Crippen molar-refractivity contribution in [1.82, 2.24) is 24.5 Å². The number of amides is 1. The predicted octanol–water partition coefficient (Wildman–Crippen LogP) is 4.03. The summed E-state index contributed by atoms with van der Waals surface area (Å²) in [6.07, 6.45) is 10.9. The summed E-state index contributed by atoms with van der Waals surface area (Å²) in [4.78, 5) is 42.6. The van der Waals surface area contributed by atoms with Gasteiger partial charge in [0.25, 0.3) is 5.91 Å². The number of ketones is 1. The molecule has 0 saturated heterocycles. The molecule has 0 radical (unpaired) electrons. The molecule has 0 atom stereocenters. The molecule has 1 N–H and O–H groups in total. The maximum atomic E-state index is 13.3. The summed E-state index contributed by atoms with van der Waals surface area (Å²) in [5.74, 6) is -0.664. The highest BCUT2D eigenvalue weighted by Crippen LogP contribution is 2.25. The summed E-state index contributed by atoms with van der Waals surface area (Å²) in [6, 6.07) is 5.04. The van der Waals surface area contributed by atoms with Gasteiger partial charge < -0.3 is 14.3 Å². The van der Waals surface area contributed by atoms with E-state index in [-0.39, 0.29) is 17.5 Å². The van der Waals surface area contributed by atoms with Crippen LogP contribution < -0.4 is 5.32 Å². The van der Waals surface area contributed by atoms with E-state index >= 15 is 0 Å². The average Bonchev–Trinajstić information content (AvgIpc) is 3.43. The van der Waals surface area contributed by atoms with Gasteiger partial charge in [-0.05, 0) is 26.0 Å². The summed E-state index contributed by atoms with van der Waals surface area (Å²) in [5, 5.41) is 4.20. The molecule has 1 amide bonds. The number of fused-ring (bicyclic) bond motifs is 2. The molecule has 0 saturated carbocycles. The van der Waals surface area contributed by atoms with Crippen molar-refractivity contribution in [1.29, 1.82) is 0 Å². The fourth-order valence-electron chi connectivity index (χ4n) is 3.53. The SMILES string of the molecule is CC(C)n1cc(C(=O)c2cncc(NC(=O)c3cc4occc4cn3)c2)c2cncnc21. The fourth-order valence-corrected chi connectivity index (χ4v) is 3.53. The van der Waals surface area contributed by atoms with Crippen molar-refractivity contribution in [3.05, 3.63) is 78.6 Å². The summed E-state index contributed by atoms with van der Waals surface area (Å²) in [5.41, 5.74) is 2.65. The Bertz CT molecular complexity index is 1480. The highest BCUT2D eigenvalue weighted by Gasteiger charge is 2.20. The Hall–Kier alpha value is -4.40. The van der Waals surface area contributed by atoms with Gasteiger partial charge in [-0.3, -0.25) is 19.6 Å². The van der Waals surface area contributed by atoms with Crippen LogP contribution in [0.3, 0.4) is 0 Å². The second kappa shape index (κ2) is 7.69. The maximum Gasteiger partial charge on any atom is 0.274 e. The average molecular weight is 426 g/mol. The van der Waals surface area contributed by atoms with Crippen LogP contribution in [-0.2, 0) is 0 Å². The van der Waals surface area contributed by atoms with Crippen molar-refractivity contribution in [3.8, 4) is 0 Å². The van der Waals surface area contributed by atoms with Gasteiger partial charge in [0.2, 0.25) is 0 Å². The topological polar surface area (TPSA) is 116 Å². The zero-order chi connectivity index (χ0) is 22.2. The monoisotopic (exact) mass is 426 g/mol. The van der Waals surface area contributed by atoms with Gasteiger partial charge in [0.05, 0.1) is 23.7 Å². The quantitative estimate of drug-likeness (QED) is 0.422. The van der Waals surface area contributed by atoms with Crippen molar-refractivity contribution in [2.75, 3.05) is 5.32 Å². The highest BCUT2D eigenvalue weighted by molar-refractivity contribution is 6.16. The standard InChI is InChI=1S/C23H18N6O3/c1-13(2)29-11-18(17-10-25-12-27-22(17)29)21(30)15-5-16(9-24-7-15)28-23(31)19-6-20-14(8-26-19)3-4-32-20/h3-13H,1-2H3,(H,28,31). The van der Waals surface area contributed by atoms with E-state index in [0.29, 0.717) is 33.4 Å². The minimum absolute atomic E-state index is 0.122. The van der Waals surface area contributed by atoms with Gasteiger partial charge in [0.15, 0.2) is 5.78 Å². The van der Waals surface area contributed by atoms with Crippen molar-refractivity contribution in [2.45, 2.75) is 19.9 Å². The van der Waals surface area contributed by atoms with E-state index in [9.17, 15) is 9.59 Å². The van der Waals surface area contributed by atoms with E-state index in [1.54, 1.807) is 36.8 Å². The minimum atomic E-state index is -0.431. The van der Waals surface area contributed by atoms with Crippen LogP contribution in [-0.4, -0.2) is 36.2 Å². The van der Waals surface area contributed by atoms with Crippen LogP contribution in [0.15, 0.2) is 66.2 Å². The Morgan fingerprint density at radius 3 is 2.78 bits per heavy atom. The van der Waals surface area contributed by atoms with E-state index in [4.69, 9.17) is 4.42 Å². The first-order valence-corrected chi connectivity index (χ1v) is 9.96. The molecule has 0 aliphatic carbocycles. The lowest BCUT2D eigenvalue weighted by Gasteiger charge is -2.07. The van der Waals surface area contributed by atoms with Gasteiger partial charge in [0.1, 0.15) is 23.3 Å². The third-order valence-electron chi connectivity index (χ3n) is 5.12. The summed E-state index contributed by atoms with van der Waals surface area (Å²) in [7, 11) is 0. The normalized spacial score (nSPS) is 11.3. The first-order valence-electron chi connectivity index (χ1n) is 9.96. The van der Waals surface area contributed by atoms with E-state index in [0.717, 1.165) is 5.39 Å². The van der Waals surface area contributed by atoms with Gasteiger partial charge in [0, 0.05) is 53.2 Å². The first kappa shape index (κ1) is 19.6. The number of anilines is 1. The van der Waals surface area contributed by atoms with Gasteiger partial charge in [-0.15, -0.1) is 0 Å². The first-order chi connectivity index (χ1) is 15.5. The molecule has 0 aromatic carbocycles. The van der Waals surface area contributed by atoms with E-state index in [1.807, 2.05) is 18.4 Å². The van der Waals surface area contributed by atoms with Crippen LogP contribution >= 0.6 is 0 Å². The molecule has 0 bridgehead atoms. The number of aromatic nitrogens is 5. The van der Waals surface area contributed by atoms with Crippen LogP contribution in [0.2, 0.25) is 0 Å². The molecule has 9 nitrogen and oxygen atoms in total. The van der Waals surface area contributed by atoms with Crippen molar-refractivity contribution in [2.24, 2.45) is 0 Å². The molecule has 158 valence electrons. The van der Waals surface area contributed by atoms with Crippen LogP contribution in [0.5, 0.6) is 0 Å². The van der Waals surface area contributed by atoms with E-state index in [2.05, 4.69) is 25.3 Å². The van der Waals surface area contributed by atoms with Gasteiger partial charge in [-0.1, -0.05) is 0 Å².